The molecule has 0 bridgehead atoms. The molecule has 2 fully saturated rings. The maximum absolute atomic E-state index is 9.75. The Morgan fingerprint density at radius 2 is 2.05 bits per heavy atom. The van der Waals surface area contributed by atoms with E-state index < -0.39 is 0 Å². The van der Waals surface area contributed by atoms with Gasteiger partial charge in [0.2, 0.25) is 0 Å². The van der Waals surface area contributed by atoms with Crippen LogP contribution in [-0.4, -0.2) is 41.8 Å². The van der Waals surface area contributed by atoms with Gasteiger partial charge in [0.15, 0.2) is 0 Å². The van der Waals surface area contributed by atoms with Crippen LogP contribution in [0.4, 0.5) is 0 Å². The first kappa shape index (κ1) is 15.0. The Morgan fingerprint density at radius 3 is 2.76 bits per heavy atom. The van der Waals surface area contributed by atoms with Crippen LogP contribution in [0.5, 0.6) is 0 Å². The molecule has 0 aromatic heterocycles. The molecule has 2 aliphatic rings. The van der Waals surface area contributed by atoms with Gasteiger partial charge in [-0.2, -0.15) is 0 Å². The van der Waals surface area contributed by atoms with Crippen LogP contribution in [0.2, 0.25) is 0 Å². The van der Waals surface area contributed by atoms with Crippen molar-refractivity contribution >= 4 is 0 Å². The molecule has 3 atom stereocenters. The molecule has 2 heterocycles. The number of nitrogens with zero attached hydrogens (tertiary/aromatic N) is 1. The van der Waals surface area contributed by atoms with E-state index in [1.807, 2.05) is 0 Å². The Hall–Kier alpha value is -0.900. The van der Waals surface area contributed by atoms with Crippen molar-refractivity contribution in [1.29, 1.82) is 0 Å². The SMILES string of the molecule is CCc1ccc(C(CO)NC2CCN3CCCC3C2)cc1. The Labute approximate surface area is 128 Å². The summed E-state index contributed by atoms with van der Waals surface area (Å²) in [6, 6.07) is 10.1. The van der Waals surface area contributed by atoms with Crippen LogP contribution in [0.15, 0.2) is 24.3 Å². The quantitative estimate of drug-likeness (QED) is 0.874. The predicted octanol–water partition coefficient (Wildman–Crippen LogP) is 2.50. The van der Waals surface area contributed by atoms with E-state index in [0.717, 1.165) is 12.5 Å². The molecule has 0 radical (unpaired) electrons. The minimum atomic E-state index is 0.0776. The highest BCUT2D eigenvalue weighted by Crippen LogP contribution is 2.28. The third-order valence-corrected chi connectivity index (χ3v) is 5.23. The standard InChI is InChI=1S/C18H28N2O/c1-2-14-5-7-15(8-6-14)18(13-21)19-16-9-11-20-10-3-4-17(20)12-16/h5-8,16-19,21H,2-4,9-13H2,1H3. The number of aliphatic hydroxyl groups excluding tert-OH is 1. The van der Waals surface area contributed by atoms with Crippen molar-refractivity contribution in [3.05, 3.63) is 35.4 Å². The lowest BCUT2D eigenvalue weighted by Crippen LogP contribution is -2.47. The third-order valence-electron chi connectivity index (χ3n) is 5.23. The van der Waals surface area contributed by atoms with Crippen molar-refractivity contribution in [1.82, 2.24) is 10.2 Å². The van der Waals surface area contributed by atoms with Gasteiger partial charge in [-0.15, -0.1) is 0 Å². The number of hydrogen-bond donors (Lipinski definition) is 2. The van der Waals surface area contributed by atoms with Crippen molar-refractivity contribution in [2.45, 2.75) is 57.2 Å². The molecule has 1 aromatic carbocycles. The molecule has 3 rings (SSSR count). The maximum Gasteiger partial charge on any atom is 0.0626 e. The van der Waals surface area contributed by atoms with Gasteiger partial charge < -0.3 is 15.3 Å². The second kappa shape index (κ2) is 6.91. The number of aliphatic hydroxyl groups is 1. The van der Waals surface area contributed by atoms with Crippen LogP contribution < -0.4 is 5.32 Å². The normalized spacial score (nSPS) is 27.5. The fraction of sp³-hybridized carbons (Fsp3) is 0.667. The molecule has 21 heavy (non-hydrogen) atoms. The average Bonchev–Trinajstić information content (AvgIpc) is 3.00. The van der Waals surface area contributed by atoms with Gasteiger partial charge in [-0.05, 0) is 56.3 Å². The first-order valence-corrected chi connectivity index (χ1v) is 8.50. The minimum absolute atomic E-state index is 0.0776. The van der Waals surface area contributed by atoms with E-state index in [4.69, 9.17) is 0 Å². The molecular weight excluding hydrogens is 260 g/mol. The van der Waals surface area contributed by atoms with E-state index in [1.54, 1.807) is 0 Å². The zero-order valence-corrected chi connectivity index (χ0v) is 13.1. The van der Waals surface area contributed by atoms with Gasteiger partial charge >= 0.3 is 0 Å². The summed E-state index contributed by atoms with van der Waals surface area (Å²) in [6.45, 7) is 4.86. The fourth-order valence-corrected chi connectivity index (χ4v) is 3.90. The lowest BCUT2D eigenvalue weighted by Gasteiger charge is -2.37. The Bertz CT molecular complexity index is 445. The molecule has 116 valence electrons. The van der Waals surface area contributed by atoms with Crippen molar-refractivity contribution in [2.24, 2.45) is 0 Å². The summed E-state index contributed by atoms with van der Waals surface area (Å²) in [5.74, 6) is 0. The lowest BCUT2D eigenvalue weighted by molar-refractivity contribution is 0.148. The summed E-state index contributed by atoms with van der Waals surface area (Å²) < 4.78 is 0. The van der Waals surface area contributed by atoms with Crippen molar-refractivity contribution < 1.29 is 5.11 Å². The molecule has 2 aliphatic heterocycles. The number of aryl methyl sites for hydroxylation is 1. The van der Waals surface area contributed by atoms with E-state index in [-0.39, 0.29) is 12.6 Å². The van der Waals surface area contributed by atoms with Gasteiger partial charge in [0.1, 0.15) is 0 Å². The van der Waals surface area contributed by atoms with Gasteiger partial charge in [0, 0.05) is 12.1 Å². The Morgan fingerprint density at radius 1 is 1.24 bits per heavy atom. The fourth-order valence-electron chi connectivity index (χ4n) is 3.90. The highest BCUT2D eigenvalue weighted by atomic mass is 16.3. The molecule has 1 aromatic rings. The second-order valence-corrected chi connectivity index (χ2v) is 6.55. The largest absolute Gasteiger partial charge is 0.394 e. The molecule has 0 saturated carbocycles. The number of nitrogens with one attached hydrogen (secondary N) is 1. The summed E-state index contributed by atoms with van der Waals surface area (Å²) >= 11 is 0. The van der Waals surface area contributed by atoms with E-state index in [9.17, 15) is 5.11 Å². The smallest absolute Gasteiger partial charge is 0.0626 e. The van der Waals surface area contributed by atoms with Crippen molar-refractivity contribution in [2.75, 3.05) is 19.7 Å². The number of rotatable bonds is 5. The Kier molecular flexibility index (Phi) is 4.94. The van der Waals surface area contributed by atoms with E-state index in [2.05, 4.69) is 41.4 Å². The number of benzene rings is 1. The van der Waals surface area contributed by atoms with Gasteiger partial charge in [0.25, 0.3) is 0 Å². The van der Waals surface area contributed by atoms with Crippen LogP contribution in [0.25, 0.3) is 0 Å². The molecular formula is C18H28N2O. The molecule has 0 aliphatic carbocycles. The molecule has 3 unspecified atom stereocenters. The monoisotopic (exact) mass is 288 g/mol. The van der Waals surface area contributed by atoms with Crippen LogP contribution in [0.3, 0.4) is 0 Å². The van der Waals surface area contributed by atoms with Crippen molar-refractivity contribution in [3.8, 4) is 0 Å². The summed E-state index contributed by atoms with van der Waals surface area (Å²) in [5.41, 5.74) is 2.57. The first-order chi connectivity index (χ1) is 10.3. The van der Waals surface area contributed by atoms with E-state index in [0.29, 0.717) is 6.04 Å². The van der Waals surface area contributed by atoms with Crippen LogP contribution in [0.1, 0.15) is 49.8 Å². The van der Waals surface area contributed by atoms with E-state index in [1.165, 1.54) is 49.9 Å². The zero-order chi connectivity index (χ0) is 14.7. The lowest BCUT2D eigenvalue weighted by atomic mass is 9.95. The summed E-state index contributed by atoms with van der Waals surface area (Å²) in [5, 5.41) is 13.4. The van der Waals surface area contributed by atoms with E-state index >= 15 is 0 Å². The predicted molar refractivity (Wildman–Crippen MR) is 86.4 cm³/mol. The summed E-state index contributed by atoms with van der Waals surface area (Å²) in [7, 11) is 0. The zero-order valence-electron chi connectivity index (χ0n) is 13.1. The second-order valence-electron chi connectivity index (χ2n) is 6.55. The van der Waals surface area contributed by atoms with Gasteiger partial charge in [-0.3, -0.25) is 0 Å². The van der Waals surface area contributed by atoms with Gasteiger partial charge in [-0.1, -0.05) is 31.2 Å². The third kappa shape index (κ3) is 3.47. The van der Waals surface area contributed by atoms with Gasteiger partial charge in [0.05, 0.1) is 12.6 Å². The topological polar surface area (TPSA) is 35.5 Å². The molecule has 0 amide bonds. The summed E-state index contributed by atoms with van der Waals surface area (Å²) in [6.07, 6.45) is 6.23. The minimum Gasteiger partial charge on any atom is -0.394 e. The highest BCUT2D eigenvalue weighted by Gasteiger charge is 2.32. The number of hydrogen-bond acceptors (Lipinski definition) is 3. The molecule has 3 nitrogen and oxygen atoms in total. The molecule has 3 heteroatoms. The maximum atomic E-state index is 9.75. The van der Waals surface area contributed by atoms with Crippen molar-refractivity contribution in [3.63, 3.8) is 0 Å². The average molecular weight is 288 g/mol. The summed E-state index contributed by atoms with van der Waals surface area (Å²) in [4.78, 5) is 2.64. The first-order valence-electron chi connectivity index (χ1n) is 8.50. The molecule has 2 saturated heterocycles. The van der Waals surface area contributed by atoms with Crippen LogP contribution in [0, 0.1) is 0 Å². The molecule has 0 spiro atoms. The molecule has 2 N–H and O–H groups in total. The highest BCUT2D eigenvalue weighted by molar-refractivity contribution is 5.25. The van der Waals surface area contributed by atoms with Crippen LogP contribution in [-0.2, 0) is 6.42 Å². The van der Waals surface area contributed by atoms with Crippen LogP contribution >= 0.6 is 0 Å². The van der Waals surface area contributed by atoms with Gasteiger partial charge in [-0.25, -0.2) is 0 Å². The Balaban J connectivity index is 1.61. The number of piperidine rings is 1. The number of fused-ring (bicyclic) bond motifs is 1.